The van der Waals surface area contributed by atoms with E-state index in [-0.39, 0.29) is 23.4 Å². The molecule has 2 amide bonds. The molecule has 2 aromatic rings. The van der Waals surface area contributed by atoms with Gasteiger partial charge in [0.05, 0.1) is 7.11 Å². The number of anilines is 1. The van der Waals surface area contributed by atoms with Crippen molar-refractivity contribution in [1.82, 2.24) is 15.1 Å². The first-order valence-electron chi connectivity index (χ1n) is 9.33. The lowest BCUT2D eigenvalue weighted by molar-refractivity contribution is -0.120. The Kier molecular flexibility index (Phi) is 6.11. The molecular formula is C20H26N4O3. The van der Waals surface area contributed by atoms with Crippen molar-refractivity contribution in [2.75, 3.05) is 12.4 Å². The maximum Gasteiger partial charge on any atom is 0.272 e. The van der Waals surface area contributed by atoms with Crippen molar-refractivity contribution in [3.8, 4) is 5.75 Å². The summed E-state index contributed by atoms with van der Waals surface area (Å²) >= 11 is 0. The van der Waals surface area contributed by atoms with Crippen LogP contribution in [0.3, 0.4) is 0 Å². The first-order valence-corrected chi connectivity index (χ1v) is 9.33. The number of carbonyl (C=O) groups is 2. The number of aromatic nitrogens is 2. The van der Waals surface area contributed by atoms with E-state index in [1.54, 1.807) is 20.2 Å². The van der Waals surface area contributed by atoms with E-state index in [1.807, 2.05) is 24.3 Å². The van der Waals surface area contributed by atoms with Crippen LogP contribution in [0.2, 0.25) is 0 Å². The van der Waals surface area contributed by atoms with Crippen molar-refractivity contribution >= 4 is 17.6 Å². The number of ether oxygens (including phenoxy) is 1. The molecule has 27 heavy (non-hydrogen) atoms. The molecular weight excluding hydrogens is 344 g/mol. The molecule has 1 saturated carbocycles. The Hall–Kier alpha value is -2.83. The Balaban J connectivity index is 1.57. The molecule has 1 heterocycles. The zero-order valence-corrected chi connectivity index (χ0v) is 15.8. The number of amides is 2. The van der Waals surface area contributed by atoms with Gasteiger partial charge in [0.2, 0.25) is 5.91 Å². The molecule has 144 valence electrons. The summed E-state index contributed by atoms with van der Waals surface area (Å²) in [6.45, 7) is 0.392. The third-order valence-electron chi connectivity index (χ3n) is 4.95. The monoisotopic (exact) mass is 370 g/mol. The van der Waals surface area contributed by atoms with Gasteiger partial charge >= 0.3 is 0 Å². The van der Waals surface area contributed by atoms with E-state index in [0.29, 0.717) is 12.4 Å². The van der Waals surface area contributed by atoms with Crippen LogP contribution in [0.1, 0.15) is 48.2 Å². The number of nitrogens with zero attached hydrogens (tertiary/aromatic N) is 2. The van der Waals surface area contributed by atoms with E-state index >= 15 is 0 Å². The highest BCUT2D eigenvalue weighted by molar-refractivity contribution is 5.96. The first kappa shape index (κ1) is 18.9. The molecule has 7 heteroatoms. The van der Waals surface area contributed by atoms with Crippen LogP contribution in [-0.2, 0) is 18.4 Å². The number of hydrogen-bond acceptors (Lipinski definition) is 4. The van der Waals surface area contributed by atoms with E-state index < -0.39 is 0 Å². The van der Waals surface area contributed by atoms with Crippen molar-refractivity contribution in [2.45, 2.75) is 38.6 Å². The number of methoxy groups -OCH3 is 1. The smallest absolute Gasteiger partial charge is 0.272 e. The van der Waals surface area contributed by atoms with Crippen molar-refractivity contribution in [2.24, 2.45) is 13.0 Å². The zero-order valence-electron chi connectivity index (χ0n) is 15.8. The molecule has 1 aromatic heterocycles. The van der Waals surface area contributed by atoms with Crippen LogP contribution in [0.25, 0.3) is 0 Å². The molecule has 1 aromatic carbocycles. The number of hydrogen-bond donors (Lipinski definition) is 2. The summed E-state index contributed by atoms with van der Waals surface area (Å²) in [5, 5.41) is 9.97. The molecule has 0 aliphatic heterocycles. The molecule has 3 rings (SSSR count). The van der Waals surface area contributed by atoms with Crippen LogP contribution in [0.15, 0.2) is 30.3 Å². The number of nitrogens with one attached hydrogen (secondary N) is 2. The minimum Gasteiger partial charge on any atom is -0.497 e. The summed E-state index contributed by atoms with van der Waals surface area (Å²) in [7, 11) is 3.33. The fraction of sp³-hybridized carbons (Fsp3) is 0.450. The first-order chi connectivity index (χ1) is 13.1. The summed E-state index contributed by atoms with van der Waals surface area (Å²) in [5.41, 5.74) is 1.25. The molecule has 0 atom stereocenters. The fourth-order valence-electron chi connectivity index (χ4n) is 3.30. The van der Waals surface area contributed by atoms with Crippen LogP contribution in [0, 0.1) is 5.92 Å². The predicted octanol–water partition coefficient (Wildman–Crippen LogP) is 2.88. The number of carbonyl (C=O) groups excluding carboxylic acids is 2. The Labute approximate surface area is 159 Å². The van der Waals surface area contributed by atoms with Crippen molar-refractivity contribution < 1.29 is 14.3 Å². The number of rotatable bonds is 6. The molecule has 0 saturated heterocycles. The van der Waals surface area contributed by atoms with E-state index in [4.69, 9.17) is 4.74 Å². The molecule has 1 aliphatic rings. The molecule has 0 unspecified atom stereocenters. The molecule has 0 radical (unpaired) electrons. The third-order valence-corrected chi connectivity index (χ3v) is 4.95. The maximum atomic E-state index is 12.4. The SMILES string of the molecule is COc1ccc(CNC(=O)c2cc(NC(=O)C3CCCCC3)n(C)n2)cc1. The zero-order chi connectivity index (χ0) is 19.2. The Bertz CT molecular complexity index is 792. The summed E-state index contributed by atoms with van der Waals surface area (Å²) < 4.78 is 6.65. The van der Waals surface area contributed by atoms with Crippen LogP contribution in [-0.4, -0.2) is 28.7 Å². The van der Waals surface area contributed by atoms with Crippen LogP contribution < -0.4 is 15.4 Å². The molecule has 1 aliphatic carbocycles. The lowest BCUT2D eigenvalue weighted by atomic mass is 9.89. The third kappa shape index (κ3) is 4.87. The summed E-state index contributed by atoms with van der Waals surface area (Å²) in [6, 6.07) is 9.10. The summed E-state index contributed by atoms with van der Waals surface area (Å²) in [5.74, 6) is 1.11. The predicted molar refractivity (Wildman–Crippen MR) is 103 cm³/mol. The average Bonchev–Trinajstić information content (AvgIpc) is 3.07. The fourth-order valence-corrected chi connectivity index (χ4v) is 3.30. The second-order valence-electron chi connectivity index (χ2n) is 6.89. The molecule has 7 nitrogen and oxygen atoms in total. The van der Waals surface area contributed by atoms with Gasteiger partial charge in [0.1, 0.15) is 11.6 Å². The van der Waals surface area contributed by atoms with Crippen LogP contribution >= 0.6 is 0 Å². The largest absolute Gasteiger partial charge is 0.497 e. The van der Waals surface area contributed by atoms with Gasteiger partial charge in [0, 0.05) is 25.6 Å². The van der Waals surface area contributed by atoms with Crippen molar-refractivity contribution in [3.63, 3.8) is 0 Å². The second-order valence-corrected chi connectivity index (χ2v) is 6.89. The number of benzene rings is 1. The highest BCUT2D eigenvalue weighted by Gasteiger charge is 2.22. The lowest BCUT2D eigenvalue weighted by Gasteiger charge is -2.20. The molecule has 0 spiro atoms. The topological polar surface area (TPSA) is 85.3 Å². The molecule has 0 bridgehead atoms. The second kappa shape index (κ2) is 8.70. The highest BCUT2D eigenvalue weighted by atomic mass is 16.5. The molecule has 1 fully saturated rings. The maximum absolute atomic E-state index is 12.4. The summed E-state index contributed by atoms with van der Waals surface area (Å²) in [4.78, 5) is 24.8. The van der Waals surface area contributed by atoms with E-state index in [2.05, 4.69) is 15.7 Å². The normalized spacial score (nSPS) is 14.6. The van der Waals surface area contributed by atoms with E-state index in [1.165, 1.54) is 11.1 Å². The van der Waals surface area contributed by atoms with Crippen LogP contribution in [0.4, 0.5) is 5.82 Å². The van der Waals surface area contributed by atoms with Gasteiger partial charge in [-0.15, -0.1) is 0 Å². The van der Waals surface area contributed by atoms with Gasteiger partial charge in [-0.2, -0.15) is 5.10 Å². The van der Waals surface area contributed by atoms with Gasteiger partial charge in [-0.1, -0.05) is 31.4 Å². The van der Waals surface area contributed by atoms with Gasteiger partial charge in [0.25, 0.3) is 5.91 Å². The quantitative estimate of drug-likeness (QED) is 0.819. The average molecular weight is 370 g/mol. The molecule has 2 N–H and O–H groups in total. The van der Waals surface area contributed by atoms with Gasteiger partial charge < -0.3 is 15.4 Å². The van der Waals surface area contributed by atoms with Crippen LogP contribution in [0.5, 0.6) is 5.75 Å². The van der Waals surface area contributed by atoms with Gasteiger partial charge in [-0.25, -0.2) is 0 Å². The highest BCUT2D eigenvalue weighted by Crippen LogP contribution is 2.25. The lowest BCUT2D eigenvalue weighted by Crippen LogP contribution is -2.25. The Morgan fingerprint density at radius 3 is 2.56 bits per heavy atom. The Morgan fingerprint density at radius 1 is 1.19 bits per heavy atom. The number of aryl methyl sites for hydroxylation is 1. The minimum absolute atomic E-state index is 0.0166. The van der Waals surface area contributed by atoms with Crippen molar-refractivity contribution in [3.05, 3.63) is 41.6 Å². The van der Waals surface area contributed by atoms with E-state index in [9.17, 15) is 9.59 Å². The van der Waals surface area contributed by atoms with Gasteiger partial charge in [-0.3, -0.25) is 14.3 Å². The summed E-state index contributed by atoms with van der Waals surface area (Å²) in [6.07, 6.45) is 5.26. The van der Waals surface area contributed by atoms with Crippen molar-refractivity contribution in [1.29, 1.82) is 0 Å². The standard InChI is InChI=1S/C20H26N4O3/c1-24-18(22-19(25)15-6-4-3-5-7-15)12-17(23-24)20(26)21-13-14-8-10-16(27-2)11-9-14/h8-12,15H,3-7,13H2,1-2H3,(H,21,26)(H,22,25). The minimum atomic E-state index is -0.278. The Morgan fingerprint density at radius 2 is 1.89 bits per heavy atom. The van der Waals surface area contributed by atoms with Gasteiger partial charge in [-0.05, 0) is 30.5 Å². The van der Waals surface area contributed by atoms with Gasteiger partial charge in [0.15, 0.2) is 5.69 Å². The van der Waals surface area contributed by atoms with E-state index in [0.717, 1.165) is 37.0 Å².